The van der Waals surface area contributed by atoms with Crippen molar-refractivity contribution in [1.29, 1.82) is 0 Å². The Balaban J connectivity index is 2.19. The Kier molecular flexibility index (Phi) is 3.32. The van der Waals surface area contributed by atoms with Crippen molar-refractivity contribution in [3.05, 3.63) is 0 Å². The standard InChI is InChI=1S/C7H14N2O2/c1-11-7(10)5-6-8-3-2-4-9-6/h6,8-9H,2-5H2,1H3. The van der Waals surface area contributed by atoms with Crippen LogP contribution in [0, 0.1) is 0 Å². The van der Waals surface area contributed by atoms with E-state index < -0.39 is 0 Å². The lowest BCUT2D eigenvalue weighted by atomic mass is 10.2. The van der Waals surface area contributed by atoms with Crippen LogP contribution in [-0.2, 0) is 9.53 Å². The first kappa shape index (κ1) is 8.49. The van der Waals surface area contributed by atoms with E-state index in [0.717, 1.165) is 19.5 Å². The minimum atomic E-state index is -0.170. The minimum absolute atomic E-state index is 0.108. The third kappa shape index (κ3) is 2.86. The van der Waals surface area contributed by atoms with Crippen LogP contribution in [-0.4, -0.2) is 32.3 Å². The van der Waals surface area contributed by atoms with Crippen molar-refractivity contribution in [1.82, 2.24) is 10.6 Å². The molecule has 0 aromatic carbocycles. The number of carbonyl (C=O) groups is 1. The molecule has 4 nitrogen and oxygen atoms in total. The van der Waals surface area contributed by atoms with Crippen LogP contribution >= 0.6 is 0 Å². The van der Waals surface area contributed by atoms with E-state index in [-0.39, 0.29) is 12.1 Å². The first-order chi connectivity index (χ1) is 5.33. The molecular weight excluding hydrogens is 144 g/mol. The zero-order chi connectivity index (χ0) is 8.10. The van der Waals surface area contributed by atoms with Gasteiger partial charge in [-0.3, -0.25) is 4.79 Å². The maximum Gasteiger partial charge on any atom is 0.308 e. The van der Waals surface area contributed by atoms with E-state index in [1.54, 1.807) is 0 Å². The van der Waals surface area contributed by atoms with E-state index in [4.69, 9.17) is 0 Å². The molecule has 2 N–H and O–H groups in total. The van der Waals surface area contributed by atoms with Gasteiger partial charge in [0.05, 0.1) is 19.7 Å². The topological polar surface area (TPSA) is 50.4 Å². The van der Waals surface area contributed by atoms with Crippen LogP contribution in [0.3, 0.4) is 0 Å². The van der Waals surface area contributed by atoms with Crippen LogP contribution < -0.4 is 10.6 Å². The first-order valence-electron chi connectivity index (χ1n) is 3.86. The molecule has 1 saturated heterocycles. The second kappa shape index (κ2) is 4.31. The SMILES string of the molecule is COC(=O)CC1NCCCN1. The summed E-state index contributed by atoms with van der Waals surface area (Å²) in [5.74, 6) is -0.170. The molecule has 0 aromatic rings. The number of hydrogen-bond acceptors (Lipinski definition) is 4. The second-order valence-electron chi connectivity index (χ2n) is 2.59. The number of carbonyl (C=O) groups excluding carboxylic acids is 1. The molecule has 1 aliphatic rings. The fourth-order valence-corrected chi connectivity index (χ4v) is 1.11. The molecule has 0 radical (unpaired) electrons. The average molecular weight is 158 g/mol. The van der Waals surface area contributed by atoms with Crippen molar-refractivity contribution < 1.29 is 9.53 Å². The Labute approximate surface area is 66.3 Å². The number of hydrogen-bond donors (Lipinski definition) is 2. The molecule has 0 aliphatic carbocycles. The molecule has 1 rings (SSSR count). The molecule has 0 bridgehead atoms. The predicted molar refractivity (Wildman–Crippen MR) is 41.0 cm³/mol. The van der Waals surface area contributed by atoms with Gasteiger partial charge in [-0.2, -0.15) is 0 Å². The van der Waals surface area contributed by atoms with Gasteiger partial charge in [0.15, 0.2) is 0 Å². The highest BCUT2D eigenvalue weighted by Crippen LogP contribution is 1.95. The smallest absolute Gasteiger partial charge is 0.308 e. The lowest BCUT2D eigenvalue weighted by Crippen LogP contribution is -2.49. The lowest BCUT2D eigenvalue weighted by molar-refractivity contribution is -0.141. The quantitative estimate of drug-likeness (QED) is 0.530. The van der Waals surface area contributed by atoms with Gasteiger partial charge in [-0.05, 0) is 19.5 Å². The third-order valence-corrected chi connectivity index (χ3v) is 1.73. The molecule has 0 spiro atoms. The largest absolute Gasteiger partial charge is 0.469 e. The van der Waals surface area contributed by atoms with E-state index in [9.17, 15) is 4.79 Å². The number of esters is 1. The Bertz CT molecular complexity index is 132. The van der Waals surface area contributed by atoms with Crippen molar-refractivity contribution >= 4 is 5.97 Å². The molecule has 0 amide bonds. The number of ether oxygens (including phenoxy) is 1. The van der Waals surface area contributed by atoms with Crippen molar-refractivity contribution in [3.63, 3.8) is 0 Å². The molecule has 0 aromatic heterocycles. The summed E-state index contributed by atoms with van der Waals surface area (Å²) in [4.78, 5) is 10.8. The molecule has 64 valence electrons. The normalized spacial score (nSPS) is 19.7. The fraction of sp³-hybridized carbons (Fsp3) is 0.857. The molecule has 1 aliphatic heterocycles. The van der Waals surface area contributed by atoms with Gasteiger partial charge in [0.25, 0.3) is 0 Å². The van der Waals surface area contributed by atoms with Crippen LogP contribution in [0.4, 0.5) is 0 Å². The molecule has 1 fully saturated rings. The van der Waals surface area contributed by atoms with Gasteiger partial charge in [-0.15, -0.1) is 0 Å². The Morgan fingerprint density at radius 3 is 2.73 bits per heavy atom. The van der Waals surface area contributed by atoms with Crippen LogP contribution in [0.15, 0.2) is 0 Å². The zero-order valence-corrected chi connectivity index (χ0v) is 6.72. The fourth-order valence-electron chi connectivity index (χ4n) is 1.11. The number of methoxy groups -OCH3 is 1. The van der Waals surface area contributed by atoms with Crippen molar-refractivity contribution in [2.75, 3.05) is 20.2 Å². The van der Waals surface area contributed by atoms with Gasteiger partial charge in [0, 0.05) is 0 Å². The molecule has 4 heteroatoms. The molecular formula is C7H14N2O2. The van der Waals surface area contributed by atoms with Crippen LogP contribution in [0.25, 0.3) is 0 Å². The maximum absolute atomic E-state index is 10.8. The van der Waals surface area contributed by atoms with Gasteiger partial charge in [0.1, 0.15) is 0 Å². The summed E-state index contributed by atoms with van der Waals surface area (Å²) in [6, 6.07) is 0. The minimum Gasteiger partial charge on any atom is -0.469 e. The van der Waals surface area contributed by atoms with E-state index in [0.29, 0.717) is 6.42 Å². The maximum atomic E-state index is 10.8. The van der Waals surface area contributed by atoms with Crippen molar-refractivity contribution in [2.45, 2.75) is 19.0 Å². The van der Waals surface area contributed by atoms with Crippen LogP contribution in [0.1, 0.15) is 12.8 Å². The second-order valence-corrected chi connectivity index (χ2v) is 2.59. The third-order valence-electron chi connectivity index (χ3n) is 1.73. The molecule has 0 atom stereocenters. The van der Waals surface area contributed by atoms with Crippen molar-refractivity contribution in [2.24, 2.45) is 0 Å². The van der Waals surface area contributed by atoms with E-state index in [1.807, 2.05) is 0 Å². The zero-order valence-electron chi connectivity index (χ0n) is 6.72. The van der Waals surface area contributed by atoms with Crippen molar-refractivity contribution in [3.8, 4) is 0 Å². The number of rotatable bonds is 2. The highest BCUT2D eigenvalue weighted by molar-refractivity contribution is 5.69. The first-order valence-corrected chi connectivity index (χ1v) is 3.86. The Morgan fingerprint density at radius 2 is 2.18 bits per heavy atom. The summed E-state index contributed by atoms with van der Waals surface area (Å²) in [7, 11) is 1.41. The highest BCUT2D eigenvalue weighted by Gasteiger charge is 2.15. The lowest BCUT2D eigenvalue weighted by Gasteiger charge is -2.23. The molecule has 11 heavy (non-hydrogen) atoms. The van der Waals surface area contributed by atoms with Gasteiger partial charge in [0.2, 0.25) is 0 Å². The van der Waals surface area contributed by atoms with E-state index in [1.165, 1.54) is 7.11 Å². The van der Waals surface area contributed by atoms with E-state index in [2.05, 4.69) is 15.4 Å². The molecule has 0 saturated carbocycles. The Hall–Kier alpha value is -0.610. The predicted octanol–water partition coefficient (Wildman–Crippen LogP) is -0.541. The van der Waals surface area contributed by atoms with E-state index >= 15 is 0 Å². The van der Waals surface area contributed by atoms with Crippen LogP contribution in [0.2, 0.25) is 0 Å². The molecule has 0 unspecified atom stereocenters. The van der Waals surface area contributed by atoms with Gasteiger partial charge >= 0.3 is 5.97 Å². The average Bonchev–Trinajstić information content (AvgIpc) is 2.06. The molecule has 1 heterocycles. The van der Waals surface area contributed by atoms with Gasteiger partial charge in [-0.1, -0.05) is 0 Å². The summed E-state index contributed by atoms with van der Waals surface area (Å²) >= 11 is 0. The van der Waals surface area contributed by atoms with Crippen LogP contribution in [0.5, 0.6) is 0 Å². The summed E-state index contributed by atoms with van der Waals surface area (Å²) in [6.45, 7) is 1.96. The Morgan fingerprint density at radius 1 is 1.55 bits per heavy atom. The van der Waals surface area contributed by atoms with Gasteiger partial charge in [-0.25, -0.2) is 0 Å². The highest BCUT2D eigenvalue weighted by atomic mass is 16.5. The summed E-state index contributed by atoms with van der Waals surface area (Å²) < 4.78 is 4.53. The summed E-state index contributed by atoms with van der Waals surface area (Å²) in [6.07, 6.45) is 1.64. The summed E-state index contributed by atoms with van der Waals surface area (Å²) in [5, 5.41) is 6.34. The number of nitrogens with one attached hydrogen (secondary N) is 2. The van der Waals surface area contributed by atoms with Gasteiger partial charge < -0.3 is 15.4 Å². The monoisotopic (exact) mass is 158 g/mol. The summed E-state index contributed by atoms with van der Waals surface area (Å²) in [5.41, 5.74) is 0.